The largest absolute Gasteiger partial charge is 0.494 e. The number of aromatic carboxylic acids is 1. The van der Waals surface area contributed by atoms with Gasteiger partial charge in [-0.2, -0.15) is 0 Å². The lowest BCUT2D eigenvalue weighted by Gasteiger charge is -2.10. The van der Waals surface area contributed by atoms with E-state index in [0.717, 1.165) is 0 Å². The summed E-state index contributed by atoms with van der Waals surface area (Å²) in [5, 5.41) is 14.4. The third kappa shape index (κ3) is 4.79. The summed E-state index contributed by atoms with van der Waals surface area (Å²) in [6.45, 7) is 2.37. The van der Waals surface area contributed by atoms with E-state index in [2.05, 4.69) is 10.6 Å². The third-order valence-corrected chi connectivity index (χ3v) is 3.23. The lowest BCUT2D eigenvalue weighted by molar-refractivity contribution is 0.0696. The Balaban J connectivity index is 1.97. The van der Waals surface area contributed by atoms with Crippen molar-refractivity contribution in [3.63, 3.8) is 0 Å². The van der Waals surface area contributed by atoms with E-state index in [0.29, 0.717) is 23.6 Å². The average molecular weight is 344 g/mol. The van der Waals surface area contributed by atoms with Crippen LogP contribution in [0.15, 0.2) is 48.5 Å². The van der Waals surface area contributed by atoms with E-state index in [-0.39, 0.29) is 16.6 Å². The van der Waals surface area contributed by atoms with Gasteiger partial charge in [0, 0.05) is 11.3 Å². The Morgan fingerprint density at radius 1 is 1.12 bits per heavy atom. The Morgan fingerprint density at radius 2 is 1.83 bits per heavy atom. The molecule has 7 heteroatoms. The number of ether oxygens (including phenoxy) is 1. The van der Waals surface area contributed by atoms with E-state index in [1.54, 1.807) is 36.4 Å². The molecule has 0 aliphatic rings. The van der Waals surface area contributed by atoms with Gasteiger partial charge in [-0.15, -0.1) is 0 Å². The molecule has 0 aliphatic carbocycles. The van der Waals surface area contributed by atoms with Crippen molar-refractivity contribution >= 4 is 34.9 Å². The molecule has 1 amide bonds. The van der Waals surface area contributed by atoms with Crippen molar-refractivity contribution < 1.29 is 19.4 Å². The Kier molecular flexibility index (Phi) is 5.86. The van der Waals surface area contributed by atoms with Crippen LogP contribution in [-0.4, -0.2) is 28.7 Å². The molecule has 0 fully saturated rings. The summed E-state index contributed by atoms with van der Waals surface area (Å²) in [7, 11) is 0. The monoisotopic (exact) mass is 344 g/mol. The van der Waals surface area contributed by atoms with E-state index in [9.17, 15) is 9.59 Å². The molecule has 0 aliphatic heterocycles. The lowest BCUT2D eigenvalue weighted by Crippen LogP contribution is -2.34. The fraction of sp³-hybridized carbons (Fsp3) is 0.118. The molecule has 0 radical (unpaired) electrons. The van der Waals surface area contributed by atoms with E-state index < -0.39 is 5.97 Å². The Morgan fingerprint density at radius 3 is 2.46 bits per heavy atom. The second kappa shape index (κ2) is 8.07. The van der Waals surface area contributed by atoms with Gasteiger partial charge in [-0.3, -0.25) is 10.1 Å². The minimum atomic E-state index is -1.01. The second-order valence-electron chi connectivity index (χ2n) is 4.75. The van der Waals surface area contributed by atoms with Gasteiger partial charge in [0.25, 0.3) is 5.91 Å². The first-order valence-electron chi connectivity index (χ1n) is 7.18. The smallest absolute Gasteiger partial charge is 0.335 e. The maximum Gasteiger partial charge on any atom is 0.335 e. The van der Waals surface area contributed by atoms with Crippen LogP contribution in [0.25, 0.3) is 0 Å². The summed E-state index contributed by atoms with van der Waals surface area (Å²) in [6.07, 6.45) is 0. The molecule has 0 spiro atoms. The number of rotatable bonds is 5. The number of amides is 1. The molecule has 0 saturated carbocycles. The zero-order valence-corrected chi connectivity index (χ0v) is 13.7. The van der Waals surface area contributed by atoms with Gasteiger partial charge in [-0.1, -0.05) is 6.07 Å². The predicted octanol–water partition coefficient (Wildman–Crippen LogP) is 2.91. The third-order valence-electron chi connectivity index (χ3n) is 3.02. The lowest BCUT2D eigenvalue weighted by atomic mass is 10.2. The van der Waals surface area contributed by atoms with Crippen LogP contribution in [0.4, 0.5) is 5.69 Å². The number of hydrogen-bond acceptors (Lipinski definition) is 4. The van der Waals surface area contributed by atoms with E-state index >= 15 is 0 Å². The topological polar surface area (TPSA) is 87.7 Å². The van der Waals surface area contributed by atoms with Crippen molar-refractivity contribution in [2.75, 3.05) is 11.9 Å². The van der Waals surface area contributed by atoms with Gasteiger partial charge < -0.3 is 15.2 Å². The van der Waals surface area contributed by atoms with Gasteiger partial charge in [0.05, 0.1) is 12.2 Å². The highest BCUT2D eigenvalue weighted by atomic mass is 32.1. The summed E-state index contributed by atoms with van der Waals surface area (Å²) in [5.74, 6) is -0.767. The first-order valence-corrected chi connectivity index (χ1v) is 7.59. The first kappa shape index (κ1) is 17.4. The SMILES string of the molecule is CCOc1cccc(C(=O)NC(=S)Nc2ccc(C(=O)O)cc2)c1. The zero-order chi connectivity index (χ0) is 17.5. The Labute approximate surface area is 144 Å². The Bertz CT molecular complexity index is 759. The summed E-state index contributed by atoms with van der Waals surface area (Å²) >= 11 is 5.09. The molecule has 2 rings (SSSR count). The zero-order valence-electron chi connectivity index (χ0n) is 12.9. The van der Waals surface area contributed by atoms with Gasteiger partial charge >= 0.3 is 5.97 Å². The molecule has 6 nitrogen and oxygen atoms in total. The van der Waals surface area contributed by atoms with Crippen molar-refractivity contribution in [1.29, 1.82) is 0 Å². The molecular formula is C17H16N2O4S. The van der Waals surface area contributed by atoms with E-state index in [1.165, 1.54) is 12.1 Å². The number of carboxylic acids is 1. The molecule has 2 aromatic carbocycles. The molecule has 124 valence electrons. The maximum atomic E-state index is 12.2. The van der Waals surface area contributed by atoms with Crippen molar-refractivity contribution in [1.82, 2.24) is 5.32 Å². The number of carboxylic acid groups (broad SMARTS) is 1. The van der Waals surface area contributed by atoms with Gasteiger partial charge in [0.2, 0.25) is 0 Å². The maximum absolute atomic E-state index is 12.2. The minimum Gasteiger partial charge on any atom is -0.494 e. The molecule has 0 unspecified atom stereocenters. The van der Waals surface area contributed by atoms with Crippen LogP contribution >= 0.6 is 12.2 Å². The summed E-state index contributed by atoms with van der Waals surface area (Å²) in [6, 6.07) is 12.8. The number of carbonyl (C=O) groups is 2. The summed E-state index contributed by atoms with van der Waals surface area (Å²) < 4.78 is 5.35. The van der Waals surface area contributed by atoms with Crippen LogP contribution in [0.2, 0.25) is 0 Å². The predicted molar refractivity (Wildman–Crippen MR) is 94.7 cm³/mol. The van der Waals surface area contributed by atoms with Crippen LogP contribution in [0.1, 0.15) is 27.6 Å². The highest BCUT2D eigenvalue weighted by Crippen LogP contribution is 2.13. The number of benzene rings is 2. The van der Waals surface area contributed by atoms with Gasteiger partial charge in [0.1, 0.15) is 5.75 Å². The van der Waals surface area contributed by atoms with E-state index in [1.807, 2.05) is 6.92 Å². The standard InChI is InChI=1S/C17H16N2O4S/c1-2-23-14-5-3-4-12(10-14)15(20)19-17(24)18-13-8-6-11(7-9-13)16(21)22/h3-10H,2H2,1H3,(H,21,22)(H2,18,19,20,24). The number of nitrogens with one attached hydrogen (secondary N) is 2. The molecule has 0 heterocycles. The van der Waals surface area contributed by atoms with Crippen molar-refractivity contribution in [3.8, 4) is 5.75 Å². The van der Waals surface area contributed by atoms with Gasteiger partial charge in [-0.25, -0.2) is 4.79 Å². The molecule has 0 aromatic heterocycles. The van der Waals surface area contributed by atoms with Gasteiger partial charge in [-0.05, 0) is 61.6 Å². The summed E-state index contributed by atoms with van der Waals surface area (Å²) in [5.41, 5.74) is 1.17. The highest BCUT2D eigenvalue weighted by Gasteiger charge is 2.09. The van der Waals surface area contributed by atoms with E-state index in [4.69, 9.17) is 22.1 Å². The molecule has 0 bridgehead atoms. The Hall–Kier alpha value is -2.93. The fourth-order valence-corrected chi connectivity index (χ4v) is 2.14. The first-order chi connectivity index (χ1) is 11.5. The van der Waals surface area contributed by atoms with Crippen LogP contribution in [-0.2, 0) is 0 Å². The highest BCUT2D eigenvalue weighted by molar-refractivity contribution is 7.80. The normalized spacial score (nSPS) is 9.88. The van der Waals surface area contributed by atoms with Crippen molar-refractivity contribution in [2.24, 2.45) is 0 Å². The fourth-order valence-electron chi connectivity index (χ4n) is 1.93. The number of carbonyl (C=O) groups excluding carboxylic acids is 1. The minimum absolute atomic E-state index is 0.116. The van der Waals surface area contributed by atoms with Crippen LogP contribution in [0, 0.1) is 0 Å². The molecule has 24 heavy (non-hydrogen) atoms. The van der Waals surface area contributed by atoms with Gasteiger partial charge in [0.15, 0.2) is 5.11 Å². The van der Waals surface area contributed by atoms with Crippen LogP contribution in [0.3, 0.4) is 0 Å². The number of hydrogen-bond donors (Lipinski definition) is 3. The number of anilines is 1. The number of thiocarbonyl (C=S) groups is 1. The van der Waals surface area contributed by atoms with Crippen molar-refractivity contribution in [3.05, 3.63) is 59.7 Å². The molecular weight excluding hydrogens is 328 g/mol. The molecule has 3 N–H and O–H groups in total. The summed E-state index contributed by atoms with van der Waals surface area (Å²) in [4.78, 5) is 23.0. The molecule has 0 saturated heterocycles. The quantitative estimate of drug-likeness (QED) is 0.723. The average Bonchev–Trinajstić information content (AvgIpc) is 2.55. The second-order valence-corrected chi connectivity index (χ2v) is 5.16. The molecule has 2 aromatic rings. The van der Waals surface area contributed by atoms with Crippen LogP contribution < -0.4 is 15.4 Å². The van der Waals surface area contributed by atoms with Crippen LogP contribution in [0.5, 0.6) is 5.75 Å². The van der Waals surface area contributed by atoms with Crippen molar-refractivity contribution in [2.45, 2.75) is 6.92 Å². The molecule has 0 atom stereocenters.